The Balaban J connectivity index is 1.36. The average Bonchev–Trinajstić information content (AvgIpc) is 3.41. The molecule has 448 valence electrons. The molecule has 11 N–H and O–H groups in total. The van der Waals surface area contributed by atoms with Crippen molar-refractivity contribution in [1.29, 1.82) is 0 Å². The lowest BCUT2D eigenvalue weighted by Crippen LogP contribution is -2.71. The number of allylic oxidation sites excluding steroid dienone is 2. The summed E-state index contributed by atoms with van der Waals surface area (Å²) < 4.78 is 12.8. The SMILES string of the molecule is CC[C@H]1C[C@H](C)[C@@]2(NC1=O)O[C@@H](C[C@H](O)[C@@H](C)CC[C@H](O)[C@@H](O)C=C(C)[C@@H]1CC=CC=C[C@@H](O)[C@H](C)[C@@H](O)[C@@H](CCC(C)=O)C(=O)N[C@@H](C(C)C)C(=O)N[C@@H](Cc3cccc(O)c3)C(=O)N3CCC[C@H](N3)C(=O)O1)[C@H](C)[C@H](O)[C@@H]2C. The number of carbonyl (C=O) groups excluding carboxylic acids is 6. The van der Waals surface area contributed by atoms with Crippen LogP contribution in [-0.2, 0) is 44.7 Å². The number of Topliss-reactive ketones (excluding diaryl/α,β-unsaturated/α-hetero) is 1. The minimum atomic E-state index is -1.48. The first-order chi connectivity index (χ1) is 37.7. The summed E-state index contributed by atoms with van der Waals surface area (Å²) in [6, 6.07) is 2.61. The van der Waals surface area contributed by atoms with Gasteiger partial charge < -0.3 is 66.0 Å². The number of aliphatic hydroxyl groups is 6. The zero-order valence-corrected chi connectivity index (χ0v) is 48.5. The Bertz CT molecular complexity index is 2360. The van der Waals surface area contributed by atoms with E-state index in [1.54, 1.807) is 52.0 Å². The number of nitrogens with zero attached hydrogens (tertiary/aromatic N) is 1. The number of hydrogen-bond donors (Lipinski definition) is 11. The lowest BCUT2D eigenvalue weighted by Gasteiger charge is -2.56. The quantitative estimate of drug-likeness (QED) is 0.0833. The third-order valence-electron chi connectivity index (χ3n) is 17.3. The summed E-state index contributed by atoms with van der Waals surface area (Å²) in [6.45, 7) is 17.6. The number of hydrazine groups is 1. The number of ketones is 1. The van der Waals surface area contributed by atoms with Gasteiger partial charge >= 0.3 is 5.97 Å². The van der Waals surface area contributed by atoms with Crippen LogP contribution in [-0.4, -0.2) is 155 Å². The first-order valence-electron chi connectivity index (χ1n) is 28.9. The molecule has 3 saturated heterocycles. The molecular formula is C60H93N5O15. The number of rotatable bonds is 16. The first kappa shape index (κ1) is 65.7. The molecule has 4 amide bonds. The fourth-order valence-electron chi connectivity index (χ4n) is 11.6. The Hall–Kier alpha value is -5.06. The molecule has 0 saturated carbocycles. The smallest absolute Gasteiger partial charge is 0.325 e. The number of fused-ring (bicyclic) bond motifs is 2. The van der Waals surface area contributed by atoms with Crippen LogP contribution in [0.2, 0.25) is 0 Å². The summed E-state index contributed by atoms with van der Waals surface area (Å²) in [4.78, 5) is 82.3. The van der Waals surface area contributed by atoms with E-state index in [1.807, 2.05) is 34.6 Å². The molecule has 2 bridgehead atoms. The highest BCUT2D eigenvalue weighted by atomic mass is 16.5. The van der Waals surface area contributed by atoms with Crippen LogP contribution < -0.4 is 21.4 Å². The topological polar surface area (TPSA) is 314 Å². The standard InChI is InChI=1S/C60H93N5O15/c1-11-41-28-35(6)60(63-55(41)74)39(10)53(72)38(9)51(80-60)31-48(70)33(4)22-25-47(69)49(71)27-34(5)50-21-14-12-13-20-46(68)37(8)54(73)43(24-23-36(7)66)56(75)62-52(32(2)3)57(76)61-45(30-40-17-15-18-42(67)29-40)58(77)65-26-16-19-44(64-65)59(78)79-50/h12-15,17-18,20,27,29,32-33,35,37-39,41,43-54,64,67-73H,11,16,19,21-26,28,30-31H2,1-10H3,(H,61,76)(H,62,75)(H,63,74)/t33-,35-,37-,38-,39-,41-,43+,44-,45-,46+,47-,48-,49-,50-,51-,52-,53-,54+,60+/m0/s1. The molecule has 20 nitrogen and oxygen atoms in total. The van der Waals surface area contributed by atoms with E-state index in [-0.39, 0.29) is 98.5 Å². The fourth-order valence-corrected chi connectivity index (χ4v) is 11.6. The molecule has 0 aliphatic carbocycles. The first-order valence-corrected chi connectivity index (χ1v) is 28.9. The largest absolute Gasteiger partial charge is 0.508 e. The highest BCUT2D eigenvalue weighted by Crippen LogP contribution is 2.46. The molecule has 5 rings (SSSR count). The number of nitrogens with one attached hydrogen (secondary N) is 4. The van der Waals surface area contributed by atoms with Crippen molar-refractivity contribution in [2.45, 2.75) is 213 Å². The second-order valence-corrected chi connectivity index (χ2v) is 23.8. The van der Waals surface area contributed by atoms with Crippen molar-refractivity contribution in [3.63, 3.8) is 0 Å². The van der Waals surface area contributed by atoms with Gasteiger partial charge in [0.05, 0.1) is 48.6 Å². The minimum absolute atomic E-state index is 0.0501. The average molecular weight is 1120 g/mol. The number of benzene rings is 1. The van der Waals surface area contributed by atoms with Crippen LogP contribution in [0.4, 0.5) is 0 Å². The molecule has 1 aromatic carbocycles. The Morgan fingerprint density at radius 3 is 2.27 bits per heavy atom. The van der Waals surface area contributed by atoms with Crippen molar-refractivity contribution in [3.8, 4) is 5.75 Å². The molecule has 80 heavy (non-hydrogen) atoms. The number of cyclic esters (lactones) is 1. The van der Waals surface area contributed by atoms with E-state index in [1.165, 1.54) is 42.3 Å². The predicted octanol–water partition coefficient (Wildman–Crippen LogP) is 3.57. The van der Waals surface area contributed by atoms with Crippen LogP contribution >= 0.6 is 0 Å². The second kappa shape index (κ2) is 29.8. The minimum Gasteiger partial charge on any atom is -0.508 e. The molecule has 1 aromatic rings. The van der Waals surface area contributed by atoms with Crippen LogP contribution in [0.5, 0.6) is 5.75 Å². The fraction of sp³-hybridized carbons (Fsp3) is 0.700. The number of amides is 4. The molecule has 19 atom stereocenters. The van der Waals surface area contributed by atoms with Crippen molar-refractivity contribution >= 4 is 35.4 Å². The maximum atomic E-state index is 14.6. The third-order valence-corrected chi connectivity index (χ3v) is 17.3. The molecule has 4 aliphatic rings. The molecule has 1 spiro atoms. The van der Waals surface area contributed by atoms with Crippen molar-refractivity contribution in [3.05, 3.63) is 65.8 Å². The van der Waals surface area contributed by atoms with Crippen LogP contribution in [0.25, 0.3) is 0 Å². The van der Waals surface area contributed by atoms with Gasteiger partial charge in [-0.15, -0.1) is 0 Å². The van der Waals surface area contributed by atoms with Gasteiger partial charge in [0, 0.05) is 61.8 Å². The Morgan fingerprint density at radius 1 is 0.900 bits per heavy atom. The van der Waals surface area contributed by atoms with Gasteiger partial charge in [-0.25, -0.2) is 5.43 Å². The van der Waals surface area contributed by atoms with Crippen molar-refractivity contribution in [2.24, 2.45) is 47.3 Å². The van der Waals surface area contributed by atoms with Crippen molar-refractivity contribution in [2.75, 3.05) is 6.54 Å². The molecular weight excluding hydrogens is 1030 g/mol. The van der Waals surface area contributed by atoms with Crippen LogP contribution in [0.15, 0.2) is 60.2 Å². The van der Waals surface area contributed by atoms with E-state index in [0.29, 0.717) is 36.8 Å². The number of piperidine rings is 1. The predicted molar refractivity (Wildman–Crippen MR) is 298 cm³/mol. The Morgan fingerprint density at radius 2 is 1.61 bits per heavy atom. The van der Waals surface area contributed by atoms with Crippen LogP contribution in [0, 0.1) is 47.3 Å². The Kier molecular flexibility index (Phi) is 24.5. The zero-order chi connectivity index (χ0) is 59.3. The van der Waals surface area contributed by atoms with Gasteiger partial charge in [0.25, 0.3) is 5.91 Å². The monoisotopic (exact) mass is 1120 g/mol. The van der Waals surface area contributed by atoms with Gasteiger partial charge in [0.2, 0.25) is 17.7 Å². The molecule has 4 heterocycles. The molecule has 0 aromatic heterocycles. The lowest BCUT2D eigenvalue weighted by atomic mass is 9.69. The molecule has 0 radical (unpaired) electrons. The van der Waals surface area contributed by atoms with E-state index in [0.717, 1.165) is 0 Å². The number of phenols is 1. The summed E-state index contributed by atoms with van der Waals surface area (Å²) in [6.07, 6.45) is 1.04. The van der Waals surface area contributed by atoms with E-state index in [4.69, 9.17) is 9.47 Å². The summed E-state index contributed by atoms with van der Waals surface area (Å²) in [5, 5.41) is 88.7. The number of phenolic OH excluding ortho intramolecular Hbond substituents is 1. The van der Waals surface area contributed by atoms with E-state index in [2.05, 4.69) is 21.4 Å². The molecule has 4 aliphatic heterocycles. The van der Waals surface area contributed by atoms with Crippen molar-refractivity contribution < 1.29 is 74.0 Å². The number of hydrogen-bond acceptors (Lipinski definition) is 16. The van der Waals surface area contributed by atoms with Gasteiger partial charge in [-0.1, -0.05) is 97.9 Å². The van der Waals surface area contributed by atoms with Gasteiger partial charge in [-0.3, -0.25) is 29.0 Å². The van der Waals surface area contributed by atoms with Crippen LogP contribution in [0.1, 0.15) is 139 Å². The summed E-state index contributed by atoms with van der Waals surface area (Å²) in [5.41, 5.74) is 2.77. The van der Waals surface area contributed by atoms with Gasteiger partial charge in [-0.2, -0.15) is 0 Å². The lowest BCUT2D eigenvalue weighted by molar-refractivity contribution is -0.267. The number of aromatic hydroxyl groups is 1. The van der Waals surface area contributed by atoms with Crippen molar-refractivity contribution in [1.82, 2.24) is 26.4 Å². The van der Waals surface area contributed by atoms with Gasteiger partial charge in [0.15, 0.2) is 0 Å². The highest BCUT2D eigenvalue weighted by Gasteiger charge is 2.57. The highest BCUT2D eigenvalue weighted by molar-refractivity contribution is 5.93. The summed E-state index contributed by atoms with van der Waals surface area (Å²) >= 11 is 0. The molecule has 20 heteroatoms. The maximum absolute atomic E-state index is 14.6. The molecule has 0 unspecified atom stereocenters. The normalized spacial score (nSPS) is 34.3. The van der Waals surface area contributed by atoms with E-state index in [9.17, 15) is 64.5 Å². The summed E-state index contributed by atoms with van der Waals surface area (Å²) in [5.74, 6) is -7.27. The van der Waals surface area contributed by atoms with E-state index >= 15 is 0 Å². The maximum Gasteiger partial charge on any atom is 0.325 e. The van der Waals surface area contributed by atoms with Crippen LogP contribution in [0.3, 0.4) is 0 Å². The van der Waals surface area contributed by atoms with Gasteiger partial charge in [0.1, 0.15) is 41.5 Å². The third kappa shape index (κ3) is 17.0. The number of aliphatic hydroxyl groups excluding tert-OH is 6. The van der Waals surface area contributed by atoms with E-state index < -0.39 is 114 Å². The molecule has 3 fully saturated rings. The Labute approximate surface area is 472 Å². The second-order valence-electron chi connectivity index (χ2n) is 23.8. The van der Waals surface area contributed by atoms with Gasteiger partial charge in [-0.05, 0) is 93.9 Å². The number of esters is 1. The number of carbonyl (C=O) groups is 6. The number of ether oxygens (including phenoxy) is 2. The summed E-state index contributed by atoms with van der Waals surface area (Å²) in [7, 11) is 0. The zero-order valence-electron chi connectivity index (χ0n) is 48.5.